The Morgan fingerprint density at radius 1 is 1.16 bits per heavy atom. The van der Waals surface area contributed by atoms with Crippen LogP contribution in [0, 0.1) is 19.7 Å². The number of aryl methyl sites for hydroxylation is 2. The van der Waals surface area contributed by atoms with Crippen molar-refractivity contribution >= 4 is 11.6 Å². The summed E-state index contributed by atoms with van der Waals surface area (Å²) in [6.45, 7) is 3.90. The van der Waals surface area contributed by atoms with Gasteiger partial charge in [0.1, 0.15) is 5.82 Å². The molecule has 1 amide bonds. The van der Waals surface area contributed by atoms with Crippen LogP contribution in [0.2, 0.25) is 0 Å². The lowest BCUT2D eigenvalue weighted by atomic mass is 10.1. The van der Waals surface area contributed by atoms with E-state index >= 15 is 0 Å². The van der Waals surface area contributed by atoms with E-state index in [4.69, 9.17) is 4.52 Å². The fourth-order valence-electron chi connectivity index (χ4n) is 2.42. The smallest absolute Gasteiger partial charge is 0.232 e. The van der Waals surface area contributed by atoms with E-state index < -0.39 is 0 Å². The fourth-order valence-corrected chi connectivity index (χ4v) is 2.42. The minimum Gasteiger partial charge on any atom is -0.339 e. The van der Waals surface area contributed by atoms with Crippen molar-refractivity contribution in [1.82, 2.24) is 10.1 Å². The summed E-state index contributed by atoms with van der Waals surface area (Å²) in [5, 5.41) is 6.69. The summed E-state index contributed by atoms with van der Waals surface area (Å²) in [5.74, 6) is 0.210. The van der Waals surface area contributed by atoms with Gasteiger partial charge in [-0.05, 0) is 48.7 Å². The van der Waals surface area contributed by atoms with Crippen molar-refractivity contribution in [1.29, 1.82) is 0 Å². The Balaban J connectivity index is 1.61. The van der Waals surface area contributed by atoms with Crippen LogP contribution >= 0.6 is 0 Å². The number of amides is 1. The monoisotopic (exact) mass is 339 g/mol. The number of carbonyl (C=O) groups excluding carboxylic acids is 1. The summed E-state index contributed by atoms with van der Waals surface area (Å²) in [7, 11) is 0. The number of hydrogen-bond acceptors (Lipinski definition) is 4. The molecule has 128 valence electrons. The van der Waals surface area contributed by atoms with Crippen molar-refractivity contribution in [3.05, 3.63) is 76.7 Å². The molecule has 0 aliphatic rings. The molecule has 6 heteroatoms. The van der Waals surface area contributed by atoms with Gasteiger partial charge in [0.15, 0.2) is 5.82 Å². The third kappa shape index (κ3) is 4.50. The highest BCUT2D eigenvalue weighted by atomic mass is 19.1. The second kappa shape index (κ2) is 7.25. The molecule has 2 aromatic carbocycles. The second-order valence-electron chi connectivity index (χ2n) is 5.95. The summed E-state index contributed by atoms with van der Waals surface area (Å²) in [4.78, 5) is 16.4. The molecule has 0 atom stereocenters. The number of carbonyl (C=O) groups is 1. The van der Waals surface area contributed by atoms with Crippen molar-refractivity contribution in [2.24, 2.45) is 0 Å². The zero-order valence-electron chi connectivity index (χ0n) is 14.0. The van der Waals surface area contributed by atoms with E-state index in [1.807, 2.05) is 32.0 Å². The van der Waals surface area contributed by atoms with Crippen molar-refractivity contribution in [2.45, 2.75) is 26.7 Å². The minimum absolute atomic E-state index is 0.0281. The molecule has 5 nitrogen and oxygen atoms in total. The lowest BCUT2D eigenvalue weighted by molar-refractivity contribution is -0.115. The number of hydrogen-bond donors (Lipinski definition) is 1. The Morgan fingerprint density at radius 3 is 2.68 bits per heavy atom. The molecule has 0 saturated heterocycles. The number of halogens is 1. The normalized spacial score (nSPS) is 10.7. The first-order valence-corrected chi connectivity index (χ1v) is 7.92. The van der Waals surface area contributed by atoms with Gasteiger partial charge in [0.2, 0.25) is 11.8 Å². The van der Waals surface area contributed by atoms with Gasteiger partial charge < -0.3 is 9.84 Å². The molecule has 3 rings (SSSR count). The second-order valence-corrected chi connectivity index (χ2v) is 5.95. The quantitative estimate of drug-likeness (QED) is 0.771. The highest BCUT2D eigenvalue weighted by Gasteiger charge is 2.12. The maximum absolute atomic E-state index is 12.9. The van der Waals surface area contributed by atoms with Crippen LogP contribution in [0.5, 0.6) is 0 Å². The zero-order chi connectivity index (χ0) is 17.8. The topological polar surface area (TPSA) is 68.0 Å². The SMILES string of the molecule is Cc1ccc(C)c(NC(=O)Cc2noc(Cc3ccc(F)cc3)n2)c1. The van der Waals surface area contributed by atoms with E-state index in [2.05, 4.69) is 15.5 Å². The van der Waals surface area contributed by atoms with Crippen LogP contribution in [0.1, 0.15) is 28.4 Å². The van der Waals surface area contributed by atoms with Gasteiger partial charge in [0.05, 0.1) is 12.8 Å². The van der Waals surface area contributed by atoms with E-state index in [-0.39, 0.29) is 18.1 Å². The number of nitrogens with zero attached hydrogens (tertiary/aromatic N) is 2. The molecule has 1 N–H and O–H groups in total. The number of aromatic nitrogens is 2. The molecule has 0 fully saturated rings. The van der Waals surface area contributed by atoms with E-state index in [9.17, 15) is 9.18 Å². The Labute approximate surface area is 144 Å². The molecule has 3 aromatic rings. The first-order valence-electron chi connectivity index (χ1n) is 7.92. The van der Waals surface area contributed by atoms with Gasteiger partial charge in [0.25, 0.3) is 0 Å². The summed E-state index contributed by atoms with van der Waals surface area (Å²) >= 11 is 0. The van der Waals surface area contributed by atoms with E-state index in [1.54, 1.807) is 12.1 Å². The van der Waals surface area contributed by atoms with Gasteiger partial charge in [0, 0.05) is 5.69 Å². The molecule has 1 aromatic heterocycles. The van der Waals surface area contributed by atoms with Crippen molar-refractivity contribution in [3.63, 3.8) is 0 Å². The molecular weight excluding hydrogens is 321 g/mol. The Kier molecular flexibility index (Phi) is 4.88. The molecule has 0 saturated carbocycles. The Morgan fingerprint density at radius 2 is 1.92 bits per heavy atom. The lowest BCUT2D eigenvalue weighted by Gasteiger charge is -2.08. The number of anilines is 1. The largest absolute Gasteiger partial charge is 0.339 e. The van der Waals surface area contributed by atoms with Crippen molar-refractivity contribution in [3.8, 4) is 0 Å². The summed E-state index contributed by atoms with van der Waals surface area (Å²) in [6, 6.07) is 11.9. The number of rotatable bonds is 5. The lowest BCUT2D eigenvalue weighted by Crippen LogP contribution is -2.16. The highest BCUT2D eigenvalue weighted by Crippen LogP contribution is 2.16. The van der Waals surface area contributed by atoms with Crippen molar-refractivity contribution < 1.29 is 13.7 Å². The zero-order valence-corrected chi connectivity index (χ0v) is 14.0. The van der Waals surface area contributed by atoms with Gasteiger partial charge in [-0.2, -0.15) is 4.98 Å². The maximum Gasteiger partial charge on any atom is 0.232 e. The van der Waals surface area contributed by atoms with Gasteiger partial charge in [-0.1, -0.05) is 29.4 Å². The molecule has 0 radical (unpaired) electrons. The highest BCUT2D eigenvalue weighted by molar-refractivity contribution is 5.92. The average Bonchev–Trinajstić information content (AvgIpc) is 3.00. The molecule has 0 bridgehead atoms. The summed E-state index contributed by atoms with van der Waals surface area (Å²) in [6.07, 6.45) is 0.423. The van der Waals surface area contributed by atoms with Gasteiger partial charge in [-0.3, -0.25) is 4.79 Å². The summed E-state index contributed by atoms with van der Waals surface area (Å²) < 4.78 is 18.1. The first kappa shape index (κ1) is 16.8. The fraction of sp³-hybridized carbons (Fsp3) is 0.211. The van der Waals surface area contributed by atoms with Gasteiger partial charge in [-0.25, -0.2) is 4.39 Å². The predicted molar refractivity (Wildman–Crippen MR) is 91.8 cm³/mol. The molecule has 0 unspecified atom stereocenters. The number of nitrogens with one attached hydrogen (secondary N) is 1. The molecule has 1 heterocycles. The first-order chi connectivity index (χ1) is 12.0. The van der Waals surface area contributed by atoms with Crippen LogP contribution in [-0.4, -0.2) is 16.0 Å². The molecule has 0 spiro atoms. The Hall–Kier alpha value is -3.02. The standard InChI is InChI=1S/C19H18FN3O2/c1-12-3-4-13(2)16(9-12)21-18(24)11-17-22-19(25-23-17)10-14-5-7-15(20)8-6-14/h3-9H,10-11H2,1-2H3,(H,21,24). The molecular formula is C19H18FN3O2. The van der Waals surface area contributed by atoms with E-state index in [0.717, 1.165) is 22.4 Å². The van der Waals surface area contributed by atoms with E-state index in [0.29, 0.717) is 18.1 Å². The van der Waals surface area contributed by atoms with Crippen LogP contribution in [0.3, 0.4) is 0 Å². The van der Waals surface area contributed by atoms with Gasteiger partial charge >= 0.3 is 0 Å². The molecule has 0 aliphatic heterocycles. The third-order valence-corrected chi connectivity index (χ3v) is 3.76. The van der Waals surface area contributed by atoms with Gasteiger partial charge in [-0.15, -0.1) is 0 Å². The average molecular weight is 339 g/mol. The molecule has 25 heavy (non-hydrogen) atoms. The molecule has 0 aliphatic carbocycles. The van der Waals surface area contributed by atoms with Crippen LogP contribution in [0.15, 0.2) is 47.0 Å². The minimum atomic E-state index is -0.293. The van der Waals surface area contributed by atoms with Crippen LogP contribution < -0.4 is 5.32 Å². The van der Waals surface area contributed by atoms with E-state index in [1.165, 1.54) is 12.1 Å². The van der Waals surface area contributed by atoms with Crippen LogP contribution in [0.25, 0.3) is 0 Å². The van der Waals surface area contributed by atoms with Crippen LogP contribution in [0.4, 0.5) is 10.1 Å². The predicted octanol–water partition coefficient (Wildman–Crippen LogP) is 3.60. The summed E-state index contributed by atoms with van der Waals surface area (Å²) in [5.41, 5.74) is 3.70. The van der Waals surface area contributed by atoms with Crippen molar-refractivity contribution in [2.75, 3.05) is 5.32 Å². The van der Waals surface area contributed by atoms with Crippen LogP contribution in [-0.2, 0) is 17.6 Å². The third-order valence-electron chi connectivity index (χ3n) is 3.76. The number of benzene rings is 2. The maximum atomic E-state index is 12.9. The Bertz CT molecular complexity index is 888.